The summed E-state index contributed by atoms with van der Waals surface area (Å²) in [7, 11) is 0. The highest BCUT2D eigenvalue weighted by atomic mass is 16.1. The van der Waals surface area contributed by atoms with Crippen LogP contribution in [0.15, 0.2) is 29.2 Å². The Morgan fingerprint density at radius 3 is 2.89 bits per heavy atom. The van der Waals surface area contributed by atoms with Crippen molar-refractivity contribution in [3.8, 4) is 0 Å². The van der Waals surface area contributed by atoms with E-state index < -0.39 is 0 Å². The number of hydrogen-bond acceptors (Lipinski definition) is 2. The van der Waals surface area contributed by atoms with Gasteiger partial charge in [0.2, 0.25) is 0 Å². The van der Waals surface area contributed by atoms with Gasteiger partial charge in [-0.15, -0.1) is 0 Å². The molecule has 19 heavy (non-hydrogen) atoms. The summed E-state index contributed by atoms with van der Waals surface area (Å²) in [6.07, 6.45) is 4.09. The van der Waals surface area contributed by atoms with Gasteiger partial charge in [0.25, 0.3) is 5.56 Å². The number of rotatable bonds is 0. The molecule has 2 aromatic rings. The summed E-state index contributed by atoms with van der Waals surface area (Å²) >= 11 is 0. The largest absolute Gasteiger partial charge is 0.269 e. The van der Waals surface area contributed by atoms with Crippen LogP contribution in [0.25, 0.3) is 5.65 Å². The fraction of sp³-hybridized carbons (Fsp3) is 0.500. The molecule has 2 aliphatic rings. The van der Waals surface area contributed by atoms with Crippen LogP contribution in [0.5, 0.6) is 0 Å². The second-order valence-corrected chi connectivity index (χ2v) is 6.75. The van der Waals surface area contributed by atoms with Gasteiger partial charge in [0.1, 0.15) is 5.65 Å². The Balaban J connectivity index is 2.17. The Morgan fingerprint density at radius 2 is 2.11 bits per heavy atom. The van der Waals surface area contributed by atoms with Gasteiger partial charge >= 0.3 is 0 Å². The fourth-order valence-electron chi connectivity index (χ4n) is 4.27. The molecule has 0 aliphatic heterocycles. The van der Waals surface area contributed by atoms with E-state index in [4.69, 9.17) is 4.98 Å². The van der Waals surface area contributed by atoms with Crippen LogP contribution >= 0.6 is 0 Å². The first-order valence-corrected chi connectivity index (χ1v) is 6.98. The van der Waals surface area contributed by atoms with Gasteiger partial charge in [-0.25, -0.2) is 4.98 Å². The molecule has 2 atom stereocenters. The summed E-state index contributed by atoms with van der Waals surface area (Å²) in [4.78, 5) is 17.6. The molecule has 2 unspecified atom stereocenters. The Bertz CT molecular complexity index is 759. The van der Waals surface area contributed by atoms with Gasteiger partial charge in [0.05, 0.1) is 5.69 Å². The second-order valence-electron chi connectivity index (χ2n) is 6.75. The lowest BCUT2D eigenvalue weighted by molar-refractivity contribution is 0.227. The molecule has 98 valence electrons. The number of nitrogens with zero attached hydrogens (tertiary/aromatic N) is 2. The third kappa shape index (κ3) is 1.06. The van der Waals surface area contributed by atoms with E-state index in [1.165, 1.54) is 0 Å². The first-order chi connectivity index (χ1) is 8.97. The van der Waals surface area contributed by atoms with Gasteiger partial charge in [-0.05, 0) is 36.3 Å². The summed E-state index contributed by atoms with van der Waals surface area (Å²) < 4.78 is 1.69. The number of pyridine rings is 1. The Hall–Kier alpha value is -1.64. The fourth-order valence-corrected chi connectivity index (χ4v) is 4.27. The molecule has 3 heteroatoms. The topological polar surface area (TPSA) is 34.4 Å². The quantitative estimate of drug-likeness (QED) is 0.724. The highest BCUT2D eigenvalue weighted by Gasteiger charge is 2.61. The van der Waals surface area contributed by atoms with E-state index in [9.17, 15) is 4.79 Å². The molecule has 0 radical (unpaired) electrons. The highest BCUT2D eigenvalue weighted by Crippen LogP contribution is 2.66. The van der Waals surface area contributed by atoms with Crippen LogP contribution < -0.4 is 5.56 Å². The van der Waals surface area contributed by atoms with Crippen molar-refractivity contribution >= 4 is 5.65 Å². The average Bonchev–Trinajstić information content (AvgIpc) is 2.71. The van der Waals surface area contributed by atoms with Crippen LogP contribution in [0.1, 0.15) is 50.8 Å². The maximum atomic E-state index is 12.8. The molecule has 4 rings (SSSR count). The van der Waals surface area contributed by atoms with Crippen LogP contribution in [-0.4, -0.2) is 9.38 Å². The van der Waals surface area contributed by atoms with Gasteiger partial charge in [0, 0.05) is 17.2 Å². The first-order valence-electron chi connectivity index (χ1n) is 6.98. The SMILES string of the molecule is CC12CCC(c3c1nc1ccccn1c3=O)C2(C)C. The summed E-state index contributed by atoms with van der Waals surface area (Å²) in [5.41, 5.74) is 3.14. The van der Waals surface area contributed by atoms with Crippen molar-refractivity contribution in [2.75, 3.05) is 0 Å². The monoisotopic (exact) mass is 254 g/mol. The maximum absolute atomic E-state index is 12.8. The van der Waals surface area contributed by atoms with E-state index >= 15 is 0 Å². The molecule has 1 saturated carbocycles. The first kappa shape index (κ1) is 11.2. The lowest BCUT2D eigenvalue weighted by atomic mass is 9.70. The minimum Gasteiger partial charge on any atom is -0.269 e. The Kier molecular flexibility index (Phi) is 1.82. The van der Waals surface area contributed by atoms with Gasteiger partial charge < -0.3 is 0 Å². The summed E-state index contributed by atoms with van der Waals surface area (Å²) in [5.74, 6) is 0.365. The highest BCUT2D eigenvalue weighted by molar-refractivity contribution is 5.50. The standard InChI is InChI=1S/C16H18N2O/c1-15(2)10-7-8-16(15,3)13-12(10)14(19)18-9-5-4-6-11(18)17-13/h4-6,9-10H,7-8H2,1-3H3. The summed E-state index contributed by atoms with van der Waals surface area (Å²) in [5, 5.41) is 0. The van der Waals surface area contributed by atoms with Crippen molar-refractivity contribution in [1.29, 1.82) is 0 Å². The molecule has 2 heterocycles. The van der Waals surface area contributed by atoms with Crippen molar-refractivity contribution in [3.05, 3.63) is 46.0 Å². The Morgan fingerprint density at radius 1 is 1.32 bits per heavy atom. The summed E-state index contributed by atoms with van der Waals surface area (Å²) in [6, 6.07) is 5.75. The molecular formula is C16H18N2O. The predicted molar refractivity (Wildman–Crippen MR) is 74.6 cm³/mol. The normalized spacial score (nSPS) is 30.8. The van der Waals surface area contributed by atoms with Crippen molar-refractivity contribution in [1.82, 2.24) is 9.38 Å². The molecule has 2 bridgehead atoms. The van der Waals surface area contributed by atoms with Crippen LogP contribution in [0.2, 0.25) is 0 Å². The zero-order chi connectivity index (χ0) is 13.4. The smallest absolute Gasteiger partial charge is 0.261 e. The van der Waals surface area contributed by atoms with Gasteiger partial charge in [0.15, 0.2) is 0 Å². The molecule has 0 saturated heterocycles. The van der Waals surface area contributed by atoms with Crippen LogP contribution in [0.3, 0.4) is 0 Å². The minimum absolute atomic E-state index is 0.0523. The summed E-state index contributed by atoms with van der Waals surface area (Å²) in [6.45, 7) is 6.87. The van der Waals surface area contributed by atoms with Crippen molar-refractivity contribution in [2.45, 2.75) is 44.9 Å². The van der Waals surface area contributed by atoms with E-state index in [0.717, 1.165) is 29.7 Å². The molecule has 3 nitrogen and oxygen atoms in total. The maximum Gasteiger partial charge on any atom is 0.261 e. The molecule has 0 amide bonds. The molecule has 1 fully saturated rings. The third-order valence-electron chi connectivity index (χ3n) is 5.87. The average molecular weight is 254 g/mol. The molecule has 0 N–H and O–H groups in total. The van der Waals surface area contributed by atoms with Crippen molar-refractivity contribution in [3.63, 3.8) is 0 Å². The van der Waals surface area contributed by atoms with Crippen molar-refractivity contribution in [2.24, 2.45) is 5.41 Å². The van der Waals surface area contributed by atoms with Crippen molar-refractivity contribution < 1.29 is 0 Å². The van der Waals surface area contributed by atoms with E-state index in [1.54, 1.807) is 4.40 Å². The molecule has 0 aromatic carbocycles. The van der Waals surface area contributed by atoms with Gasteiger partial charge in [-0.1, -0.05) is 26.8 Å². The zero-order valence-corrected chi connectivity index (χ0v) is 11.6. The lowest BCUT2D eigenvalue weighted by Gasteiger charge is -2.34. The predicted octanol–water partition coefficient (Wildman–Crippen LogP) is 2.87. The number of aromatic nitrogens is 2. The second kappa shape index (κ2) is 3.09. The van der Waals surface area contributed by atoms with E-state index in [2.05, 4.69) is 20.8 Å². The van der Waals surface area contributed by atoms with E-state index in [0.29, 0.717) is 5.92 Å². The molecule has 2 aliphatic carbocycles. The van der Waals surface area contributed by atoms with Crippen LogP contribution in [-0.2, 0) is 5.41 Å². The number of fused-ring (bicyclic) bond motifs is 6. The Labute approximate surface area is 112 Å². The van der Waals surface area contributed by atoms with Gasteiger partial charge in [-0.2, -0.15) is 0 Å². The van der Waals surface area contributed by atoms with E-state index in [1.807, 2.05) is 24.4 Å². The third-order valence-corrected chi connectivity index (χ3v) is 5.87. The lowest BCUT2D eigenvalue weighted by Crippen LogP contribution is -2.32. The molecule has 0 spiro atoms. The van der Waals surface area contributed by atoms with E-state index in [-0.39, 0.29) is 16.4 Å². The van der Waals surface area contributed by atoms with Gasteiger partial charge in [-0.3, -0.25) is 9.20 Å². The van der Waals surface area contributed by atoms with Crippen LogP contribution in [0.4, 0.5) is 0 Å². The number of hydrogen-bond donors (Lipinski definition) is 0. The molecular weight excluding hydrogens is 236 g/mol. The zero-order valence-electron chi connectivity index (χ0n) is 11.6. The minimum atomic E-state index is 0.0523. The molecule has 2 aromatic heterocycles. The van der Waals surface area contributed by atoms with Crippen LogP contribution in [0, 0.1) is 5.41 Å².